The summed E-state index contributed by atoms with van der Waals surface area (Å²) in [7, 11) is 0. The molecule has 0 spiro atoms. The van der Waals surface area contributed by atoms with E-state index in [0.29, 0.717) is 22.8 Å². The molecule has 2 heterocycles. The summed E-state index contributed by atoms with van der Waals surface area (Å²) < 4.78 is 5.28. The molecule has 0 unspecified atom stereocenters. The maximum absolute atomic E-state index is 12.2. The third-order valence-electron chi connectivity index (χ3n) is 3.87. The van der Waals surface area contributed by atoms with Gasteiger partial charge in [0.1, 0.15) is 0 Å². The number of amides is 1. The van der Waals surface area contributed by atoms with Crippen molar-refractivity contribution in [2.24, 2.45) is 0 Å². The van der Waals surface area contributed by atoms with E-state index in [1.807, 2.05) is 0 Å². The van der Waals surface area contributed by atoms with Crippen molar-refractivity contribution in [3.8, 4) is 11.3 Å². The number of hydrogen-bond acceptors (Lipinski definition) is 7. The van der Waals surface area contributed by atoms with Gasteiger partial charge in [0.25, 0.3) is 11.6 Å². The van der Waals surface area contributed by atoms with Crippen LogP contribution in [0.4, 0.5) is 5.69 Å². The summed E-state index contributed by atoms with van der Waals surface area (Å²) in [5, 5.41) is 15.8. The van der Waals surface area contributed by atoms with Crippen LogP contribution < -0.4 is 5.32 Å². The minimum atomic E-state index is -0.449. The molecule has 1 aliphatic rings. The van der Waals surface area contributed by atoms with Gasteiger partial charge in [0.15, 0.2) is 5.01 Å². The van der Waals surface area contributed by atoms with Crippen molar-refractivity contribution in [2.45, 2.75) is 0 Å². The predicted octanol–water partition coefficient (Wildman–Crippen LogP) is 1.78. The number of carbonyl (C=O) groups excluding carboxylic acids is 1. The third kappa shape index (κ3) is 4.59. The normalized spacial score (nSPS) is 15.0. The molecular weight excluding hydrogens is 344 g/mol. The van der Waals surface area contributed by atoms with E-state index in [9.17, 15) is 14.9 Å². The van der Waals surface area contributed by atoms with Gasteiger partial charge in [-0.05, 0) is 0 Å². The lowest BCUT2D eigenvalue weighted by Crippen LogP contribution is -2.41. The first-order valence-corrected chi connectivity index (χ1v) is 8.80. The number of nitrogens with zero attached hydrogens (tertiary/aromatic N) is 3. The summed E-state index contributed by atoms with van der Waals surface area (Å²) in [5.74, 6) is -0.227. The van der Waals surface area contributed by atoms with Gasteiger partial charge in [0.2, 0.25) is 0 Å². The molecule has 1 amide bonds. The van der Waals surface area contributed by atoms with Crippen LogP contribution >= 0.6 is 11.3 Å². The summed E-state index contributed by atoms with van der Waals surface area (Å²) in [6.07, 6.45) is 0. The van der Waals surface area contributed by atoms with Gasteiger partial charge >= 0.3 is 0 Å². The number of ether oxygens (including phenoxy) is 1. The van der Waals surface area contributed by atoms with Crippen molar-refractivity contribution in [3.63, 3.8) is 0 Å². The molecule has 1 aliphatic heterocycles. The lowest BCUT2D eigenvalue weighted by molar-refractivity contribution is -0.384. The molecule has 1 aromatic carbocycles. The van der Waals surface area contributed by atoms with Crippen LogP contribution in [0, 0.1) is 10.1 Å². The van der Waals surface area contributed by atoms with Crippen molar-refractivity contribution < 1.29 is 14.5 Å². The van der Waals surface area contributed by atoms with Crippen LogP contribution in [0.15, 0.2) is 29.6 Å². The molecule has 0 bridgehead atoms. The molecule has 0 saturated carbocycles. The van der Waals surface area contributed by atoms with Gasteiger partial charge in [-0.1, -0.05) is 12.1 Å². The van der Waals surface area contributed by atoms with Crippen LogP contribution in [0.1, 0.15) is 9.80 Å². The maximum Gasteiger partial charge on any atom is 0.280 e. The van der Waals surface area contributed by atoms with Gasteiger partial charge < -0.3 is 10.1 Å². The van der Waals surface area contributed by atoms with Crippen LogP contribution in [0.2, 0.25) is 0 Å². The Kier molecular flexibility index (Phi) is 5.69. The Labute approximate surface area is 148 Å². The number of nitrogens with one attached hydrogen (secondary N) is 1. The molecule has 8 nitrogen and oxygen atoms in total. The van der Waals surface area contributed by atoms with Crippen LogP contribution in [-0.4, -0.2) is 60.1 Å². The Balaban J connectivity index is 1.57. The van der Waals surface area contributed by atoms with Crippen molar-refractivity contribution in [1.82, 2.24) is 15.2 Å². The molecule has 9 heteroatoms. The quantitative estimate of drug-likeness (QED) is 0.621. The first-order chi connectivity index (χ1) is 12.1. The summed E-state index contributed by atoms with van der Waals surface area (Å²) in [4.78, 5) is 29.1. The highest BCUT2D eigenvalue weighted by molar-refractivity contribution is 7.12. The van der Waals surface area contributed by atoms with E-state index in [4.69, 9.17) is 4.74 Å². The zero-order chi connectivity index (χ0) is 17.6. The fourth-order valence-corrected chi connectivity index (χ4v) is 3.26. The highest BCUT2D eigenvalue weighted by atomic mass is 32.1. The number of aromatic nitrogens is 1. The second-order valence-electron chi connectivity index (χ2n) is 5.56. The van der Waals surface area contributed by atoms with Crippen LogP contribution in [0.25, 0.3) is 11.3 Å². The predicted molar refractivity (Wildman–Crippen MR) is 93.8 cm³/mol. The fraction of sp³-hybridized carbons (Fsp3) is 0.375. The highest BCUT2D eigenvalue weighted by Gasteiger charge is 2.15. The van der Waals surface area contributed by atoms with E-state index < -0.39 is 4.92 Å². The molecule has 1 saturated heterocycles. The average Bonchev–Trinajstić information content (AvgIpc) is 3.13. The molecule has 3 rings (SSSR count). The molecule has 1 aromatic heterocycles. The molecule has 0 aliphatic carbocycles. The van der Waals surface area contributed by atoms with Crippen molar-refractivity contribution in [3.05, 3.63) is 44.8 Å². The SMILES string of the molecule is O=C(NCCN1CCOCC1)c1nc(-c2cccc([N+](=O)[O-])c2)cs1. The summed E-state index contributed by atoms with van der Waals surface area (Å²) in [5.41, 5.74) is 1.19. The standard InChI is InChI=1S/C16H18N4O4S/c21-15(17-4-5-19-6-8-24-9-7-19)16-18-14(11-25-16)12-2-1-3-13(10-12)20(22)23/h1-3,10-11H,4-9H2,(H,17,21). The van der Waals surface area contributed by atoms with E-state index in [0.717, 1.165) is 32.8 Å². The number of nitro benzene ring substituents is 1. The number of thiazole rings is 1. The zero-order valence-corrected chi connectivity index (χ0v) is 14.3. The van der Waals surface area contributed by atoms with Crippen molar-refractivity contribution >= 4 is 22.9 Å². The zero-order valence-electron chi connectivity index (χ0n) is 13.5. The summed E-state index contributed by atoms with van der Waals surface area (Å²) >= 11 is 1.23. The lowest BCUT2D eigenvalue weighted by atomic mass is 10.1. The van der Waals surface area contributed by atoms with Gasteiger partial charge in [-0.15, -0.1) is 11.3 Å². The number of morpholine rings is 1. The Hall–Kier alpha value is -2.36. The van der Waals surface area contributed by atoms with Gasteiger partial charge in [0, 0.05) is 49.3 Å². The lowest BCUT2D eigenvalue weighted by Gasteiger charge is -2.26. The number of nitro groups is 1. The van der Waals surface area contributed by atoms with Crippen LogP contribution in [0.5, 0.6) is 0 Å². The number of carbonyl (C=O) groups is 1. The molecule has 1 N–H and O–H groups in total. The van der Waals surface area contributed by atoms with E-state index >= 15 is 0 Å². The van der Waals surface area contributed by atoms with E-state index in [1.165, 1.54) is 23.5 Å². The first-order valence-electron chi connectivity index (χ1n) is 7.92. The van der Waals surface area contributed by atoms with Crippen molar-refractivity contribution in [1.29, 1.82) is 0 Å². The number of non-ortho nitro benzene ring substituents is 1. The second-order valence-corrected chi connectivity index (χ2v) is 6.41. The van der Waals surface area contributed by atoms with Gasteiger partial charge in [-0.25, -0.2) is 4.98 Å². The van der Waals surface area contributed by atoms with Crippen LogP contribution in [0.3, 0.4) is 0 Å². The Morgan fingerprint density at radius 1 is 1.40 bits per heavy atom. The minimum absolute atomic E-state index is 0.00186. The highest BCUT2D eigenvalue weighted by Crippen LogP contribution is 2.25. The Bertz CT molecular complexity index is 758. The Morgan fingerprint density at radius 2 is 2.20 bits per heavy atom. The van der Waals surface area contributed by atoms with Crippen LogP contribution in [-0.2, 0) is 4.74 Å². The number of rotatable bonds is 6. The topological polar surface area (TPSA) is 97.6 Å². The fourth-order valence-electron chi connectivity index (χ4n) is 2.52. The largest absolute Gasteiger partial charge is 0.379 e. The monoisotopic (exact) mass is 362 g/mol. The maximum atomic E-state index is 12.2. The Morgan fingerprint density at radius 3 is 2.96 bits per heavy atom. The number of benzene rings is 1. The minimum Gasteiger partial charge on any atom is -0.379 e. The van der Waals surface area contributed by atoms with Gasteiger partial charge in [0.05, 0.1) is 23.8 Å². The van der Waals surface area contributed by atoms with Gasteiger partial charge in [-0.2, -0.15) is 0 Å². The van der Waals surface area contributed by atoms with Crippen molar-refractivity contribution in [2.75, 3.05) is 39.4 Å². The van der Waals surface area contributed by atoms with Gasteiger partial charge in [-0.3, -0.25) is 19.8 Å². The average molecular weight is 362 g/mol. The van der Waals surface area contributed by atoms with E-state index in [-0.39, 0.29) is 11.6 Å². The smallest absolute Gasteiger partial charge is 0.280 e. The second kappa shape index (κ2) is 8.15. The first kappa shape index (κ1) is 17.5. The third-order valence-corrected chi connectivity index (χ3v) is 4.71. The molecule has 0 atom stereocenters. The molecule has 25 heavy (non-hydrogen) atoms. The molecule has 2 aromatic rings. The molecule has 132 valence electrons. The summed E-state index contributed by atoms with van der Waals surface area (Å²) in [6.45, 7) is 4.54. The summed E-state index contributed by atoms with van der Waals surface area (Å²) in [6, 6.07) is 6.22. The molecule has 1 fully saturated rings. The molecular formula is C16H18N4O4S. The van der Waals surface area contributed by atoms with E-state index in [1.54, 1.807) is 17.5 Å². The van der Waals surface area contributed by atoms with E-state index in [2.05, 4.69) is 15.2 Å². The molecule has 0 radical (unpaired) electrons. The number of hydrogen-bond donors (Lipinski definition) is 1.